The lowest BCUT2D eigenvalue weighted by Gasteiger charge is -2.41. The zero-order chi connectivity index (χ0) is 24.4. The predicted octanol–water partition coefficient (Wildman–Crippen LogP) is 6.92. The average Bonchev–Trinajstić information content (AvgIpc) is 2.73. The van der Waals surface area contributed by atoms with Crippen LogP contribution in [-0.4, -0.2) is 29.9 Å². The molecule has 0 radical (unpaired) electrons. The zero-order valence-corrected chi connectivity index (χ0v) is 21.7. The van der Waals surface area contributed by atoms with Crippen molar-refractivity contribution in [1.82, 2.24) is 4.90 Å². The van der Waals surface area contributed by atoms with Gasteiger partial charge in [0.25, 0.3) is 0 Å². The Balaban J connectivity index is 1.89. The molecule has 0 unspecified atom stereocenters. The number of esters is 1. The van der Waals surface area contributed by atoms with Gasteiger partial charge in [-0.05, 0) is 65.9 Å². The smallest absolute Gasteiger partial charge is 0.307 e. The van der Waals surface area contributed by atoms with Crippen LogP contribution in [0.3, 0.4) is 0 Å². The van der Waals surface area contributed by atoms with Gasteiger partial charge in [0.2, 0.25) is 5.91 Å². The fourth-order valence-corrected chi connectivity index (χ4v) is 5.32. The van der Waals surface area contributed by atoms with E-state index in [9.17, 15) is 9.59 Å². The van der Waals surface area contributed by atoms with Crippen LogP contribution in [0.1, 0.15) is 84.8 Å². The van der Waals surface area contributed by atoms with Crippen molar-refractivity contribution in [3.63, 3.8) is 0 Å². The van der Waals surface area contributed by atoms with Crippen LogP contribution in [0.15, 0.2) is 36.0 Å². The molecular weight excluding hydrogens is 434 g/mol. The van der Waals surface area contributed by atoms with Gasteiger partial charge in [-0.15, -0.1) is 0 Å². The zero-order valence-electron chi connectivity index (χ0n) is 21.0. The van der Waals surface area contributed by atoms with Gasteiger partial charge < -0.3 is 9.64 Å². The topological polar surface area (TPSA) is 46.6 Å². The molecule has 180 valence electrons. The van der Waals surface area contributed by atoms with E-state index in [0.29, 0.717) is 25.0 Å². The lowest BCUT2D eigenvalue weighted by molar-refractivity contribution is -0.143. The molecule has 1 aliphatic carbocycles. The van der Waals surface area contributed by atoms with E-state index < -0.39 is 5.41 Å². The van der Waals surface area contributed by atoms with Gasteiger partial charge >= 0.3 is 5.97 Å². The molecule has 0 spiro atoms. The summed E-state index contributed by atoms with van der Waals surface area (Å²) in [6.45, 7) is 13.5. The number of hydrogen-bond acceptors (Lipinski definition) is 3. The molecule has 5 heteroatoms. The second kappa shape index (κ2) is 10.0. The second-order valence-electron chi connectivity index (χ2n) is 10.7. The number of benzene rings is 1. The minimum atomic E-state index is -0.434. The molecule has 0 bridgehead atoms. The maximum Gasteiger partial charge on any atom is 0.307 e. The third-order valence-corrected chi connectivity index (χ3v) is 7.48. The number of rotatable bonds is 7. The van der Waals surface area contributed by atoms with E-state index in [1.807, 2.05) is 6.20 Å². The van der Waals surface area contributed by atoms with E-state index in [1.165, 1.54) is 11.1 Å². The Morgan fingerprint density at radius 2 is 1.97 bits per heavy atom. The summed E-state index contributed by atoms with van der Waals surface area (Å²) < 4.78 is 5.02. The summed E-state index contributed by atoms with van der Waals surface area (Å²) in [4.78, 5) is 26.5. The average molecular weight is 472 g/mol. The van der Waals surface area contributed by atoms with Crippen molar-refractivity contribution in [2.75, 3.05) is 13.2 Å². The molecule has 1 aromatic carbocycles. The normalized spacial score (nSPS) is 22.8. The Labute approximate surface area is 204 Å². The van der Waals surface area contributed by atoms with E-state index >= 15 is 0 Å². The van der Waals surface area contributed by atoms with Crippen molar-refractivity contribution in [2.45, 2.75) is 79.1 Å². The molecule has 0 saturated heterocycles. The van der Waals surface area contributed by atoms with Crippen molar-refractivity contribution in [3.05, 3.63) is 52.2 Å². The number of carbonyl (C=O) groups excluding carboxylic acids is 2. The summed E-state index contributed by atoms with van der Waals surface area (Å²) in [5, 5.41) is 0.750. The van der Waals surface area contributed by atoms with Crippen LogP contribution in [0, 0.1) is 11.3 Å². The molecule has 33 heavy (non-hydrogen) atoms. The molecule has 0 aromatic heterocycles. The molecule has 2 aliphatic rings. The highest BCUT2D eigenvalue weighted by Gasteiger charge is 2.40. The fourth-order valence-electron chi connectivity index (χ4n) is 5.02. The Bertz CT molecular complexity index is 975. The van der Waals surface area contributed by atoms with Gasteiger partial charge in [0, 0.05) is 29.6 Å². The van der Waals surface area contributed by atoms with Gasteiger partial charge in [-0.3, -0.25) is 9.59 Å². The summed E-state index contributed by atoms with van der Waals surface area (Å²) in [5.41, 5.74) is 4.58. The maximum absolute atomic E-state index is 13.1. The van der Waals surface area contributed by atoms with Gasteiger partial charge in [-0.25, -0.2) is 0 Å². The number of halogens is 1. The molecule has 3 rings (SSSR count). The first-order valence-corrected chi connectivity index (χ1v) is 12.5. The molecular formula is C28H38ClNO3. The largest absolute Gasteiger partial charge is 0.466 e. The SMILES string of the molecule is CCOC(=O)CCN1C=C(C(C)C)[C@](C)(c2ccc(C3=CCC(C)(C)CC3)c(Cl)c2)CC1=O. The van der Waals surface area contributed by atoms with E-state index in [0.717, 1.165) is 35.4 Å². The summed E-state index contributed by atoms with van der Waals surface area (Å²) in [7, 11) is 0. The fraction of sp³-hybridized carbons (Fsp3) is 0.571. The molecule has 1 aliphatic heterocycles. The van der Waals surface area contributed by atoms with Gasteiger partial charge in [-0.1, -0.05) is 64.4 Å². The maximum atomic E-state index is 13.1. The number of hydrogen-bond donors (Lipinski definition) is 0. The van der Waals surface area contributed by atoms with Crippen molar-refractivity contribution >= 4 is 29.1 Å². The highest BCUT2D eigenvalue weighted by atomic mass is 35.5. The Morgan fingerprint density at radius 3 is 2.55 bits per heavy atom. The molecule has 1 atom stereocenters. The van der Waals surface area contributed by atoms with Crippen LogP contribution < -0.4 is 0 Å². The molecule has 0 saturated carbocycles. The summed E-state index contributed by atoms with van der Waals surface area (Å²) in [5.74, 6) is -0.0144. The first-order chi connectivity index (χ1) is 15.5. The third kappa shape index (κ3) is 5.71. The van der Waals surface area contributed by atoms with Crippen LogP contribution in [0.5, 0.6) is 0 Å². The van der Waals surface area contributed by atoms with E-state index in [-0.39, 0.29) is 24.2 Å². The highest BCUT2D eigenvalue weighted by molar-refractivity contribution is 6.32. The highest BCUT2D eigenvalue weighted by Crippen LogP contribution is 2.45. The lowest BCUT2D eigenvalue weighted by Crippen LogP contribution is -2.42. The van der Waals surface area contributed by atoms with Crippen molar-refractivity contribution in [2.24, 2.45) is 11.3 Å². The van der Waals surface area contributed by atoms with Gasteiger partial charge in [0.15, 0.2) is 0 Å². The van der Waals surface area contributed by atoms with Crippen molar-refractivity contribution < 1.29 is 14.3 Å². The minimum absolute atomic E-state index is 0.0172. The number of nitrogens with zero attached hydrogens (tertiary/aromatic N) is 1. The number of amides is 1. The minimum Gasteiger partial charge on any atom is -0.466 e. The van der Waals surface area contributed by atoms with Gasteiger partial charge in [0.05, 0.1) is 13.0 Å². The number of carbonyl (C=O) groups is 2. The molecule has 0 fully saturated rings. The summed E-state index contributed by atoms with van der Waals surface area (Å²) in [6, 6.07) is 6.32. The Morgan fingerprint density at radius 1 is 1.24 bits per heavy atom. The van der Waals surface area contributed by atoms with Crippen molar-refractivity contribution in [1.29, 1.82) is 0 Å². The number of allylic oxidation sites excluding steroid dienone is 3. The standard InChI is InChI=1S/C28H38ClNO3/c1-7-33-26(32)12-15-30-18-23(19(2)3)28(6,17-25(30)31)21-8-9-22(24(29)16-21)20-10-13-27(4,5)14-11-20/h8-10,16,18-19H,7,11-15,17H2,1-6H3/t28-/m0/s1. The van der Waals surface area contributed by atoms with Crippen LogP contribution in [0.25, 0.3) is 5.57 Å². The second-order valence-corrected chi connectivity index (χ2v) is 11.1. The quantitative estimate of drug-likeness (QED) is 0.405. The van der Waals surface area contributed by atoms with Crippen LogP contribution in [0.2, 0.25) is 5.02 Å². The van der Waals surface area contributed by atoms with Crippen LogP contribution in [-0.2, 0) is 19.7 Å². The van der Waals surface area contributed by atoms with E-state index in [4.69, 9.17) is 16.3 Å². The molecule has 1 aromatic rings. The molecule has 1 amide bonds. The van der Waals surface area contributed by atoms with E-state index in [1.54, 1.807) is 11.8 Å². The van der Waals surface area contributed by atoms with E-state index in [2.05, 4.69) is 58.9 Å². The Hall–Kier alpha value is -2.07. The van der Waals surface area contributed by atoms with Crippen LogP contribution in [0.4, 0.5) is 0 Å². The van der Waals surface area contributed by atoms with Gasteiger partial charge in [0.1, 0.15) is 0 Å². The number of ether oxygens (including phenoxy) is 1. The third-order valence-electron chi connectivity index (χ3n) is 7.17. The predicted molar refractivity (Wildman–Crippen MR) is 135 cm³/mol. The first kappa shape index (κ1) is 25.6. The molecule has 0 N–H and O–H groups in total. The van der Waals surface area contributed by atoms with Gasteiger partial charge in [-0.2, -0.15) is 0 Å². The lowest BCUT2D eigenvalue weighted by atomic mass is 9.68. The summed E-state index contributed by atoms with van der Waals surface area (Å²) in [6.07, 6.45) is 8.09. The molecule has 4 nitrogen and oxygen atoms in total. The monoisotopic (exact) mass is 471 g/mol. The summed E-state index contributed by atoms with van der Waals surface area (Å²) >= 11 is 6.81. The van der Waals surface area contributed by atoms with Crippen molar-refractivity contribution in [3.8, 4) is 0 Å². The first-order valence-electron chi connectivity index (χ1n) is 12.1. The Kier molecular flexibility index (Phi) is 7.78. The van der Waals surface area contributed by atoms with Crippen LogP contribution >= 0.6 is 11.6 Å². The molecule has 1 heterocycles.